The highest BCUT2D eigenvalue weighted by Gasteiger charge is 2.20. The van der Waals surface area contributed by atoms with Crippen molar-refractivity contribution in [3.63, 3.8) is 0 Å². The summed E-state index contributed by atoms with van der Waals surface area (Å²) in [6.45, 7) is 1.87. The number of rotatable bonds is 5. The molecule has 0 aromatic heterocycles. The number of hydrogen-bond donors (Lipinski definition) is 2. The lowest BCUT2D eigenvalue weighted by Gasteiger charge is -2.29. The average molecular weight is 665 g/mol. The fourth-order valence-electron chi connectivity index (χ4n) is 2.54. The Morgan fingerprint density at radius 2 is 1.33 bits per heavy atom. The first kappa shape index (κ1) is 23.9. The van der Waals surface area contributed by atoms with E-state index >= 15 is 0 Å². The van der Waals surface area contributed by atoms with Crippen molar-refractivity contribution < 1.29 is 8.78 Å². The summed E-state index contributed by atoms with van der Waals surface area (Å²) in [5.41, 5.74) is 7.41. The number of hydrogen-bond acceptors (Lipinski definition) is 3. The van der Waals surface area contributed by atoms with Gasteiger partial charge in [-0.2, -0.15) is 5.12 Å². The van der Waals surface area contributed by atoms with Crippen molar-refractivity contribution in [1.82, 2.24) is 0 Å². The Bertz CT molecular complexity index is 1070. The summed E-state index contributed by atoms with van der Waals surface area (Å²) in [6, 6.07) is 8.78. The average Bonchev–Trinajstić information content (AvgIpc) is 2.65. The Morgan fingerprint density at radius 1 is 0.767 bits per heavy atom. The number of anilines is 3. The van der Waals surface area contributed by atoms with E-state index in [1.165, 1.54) is 5.12 Å². The third-order valence-corrected chi connectivity index (χ3v) is 7.16. The van der Waals surface area contributed by atoms with Crippen LogP contribution in [0.2, 0.25) is 15.1 Å². The Morgan fingerprint density at radius 3 is 1.97 bits per heavy atom. The Labute approximate surface area is 212 Å². The molecular formula is C19H11Br3Cl3F2N3. The van der Waals surface area contributed by atoms with Gasteiger partial charge in [-0.3, -0.25) is 10.9 Å². The first-order valence-electron chi connectivity index (χ1n) is 8.15. The number of aryl methyl sites for hydroxylation is 1. The summed E-state index contributed by atoms with van der Waals surface area (Å²) in [4.78, 5) is 0. The van der Waals surface area contributed by atoms with Crippen LogP contribution >= 0.6 is 82.6 Å². The van der Waals surface area contributed by atoms with E-state index < -0.39 is 11.6 Å². The van der Waals surface area contributed by atoms with Gasteiger partial charge in [-0.15, -0.1) is 0 Å². The maximum atomic E-state index is 14.9. The molecule has 30 heavy (non-hydrogen) atoms. The van der Waals surface area contributed by atoms with Crippen molar-refractivity contribution in [1.29, 1.82) is 0 Å². The summed E-state index contributed by atoms with van der Waals surface area (Å²) < 4.78 is 30.1. The van der Waals surface area contributed by atoms with Gasteiger partial charge >= 0.3 is 0 Å². The second-order valence-corrected chi connectivity index (χ2v) is 9.89. The first-order chi connectivity index (χ1) is 14.1. The quantitative estimate of drug-likeness (QED) is 0.210. The predicted molar refractivity (Wildman–Crippen MR) is 132 cm³/mol. The van der Waals surface area contributed by atoms with Gasteiger partial charge < -0.3 is 0 Å². The molecule has 0 atom stereocenters. The molecule has 0 aliphatic heterocycles. The number of halogens is 8. The molecule has 2 N–H and O–H groups in total. The molecule has 0 aliphatic carbocycles. The molecule has 0 radical (unpaired) electrons. The summed E-state index contributed by atoms with van der Waals surface area (Å²) in [7, 11) is 0. The lowest BCUT2D eigenvalue weighted by atomic mass is 10.2. The van der Waals surface area contributed by atoms with Gasteiger partial charge in [0.25, 0.3) is 0 Å². The maximum absolute atomic E-state index is 14.9. The number of nitrogens with zero attached hydrogens (tertiary/aromatic N) is 1. The van der Waals surface area contributed by atoms with Gasteiger partial charge in [0.2, 0.25) is 0 Å². The van der Waals surface area contributed by atoms with Crippen LogP contribution in [0, 0.1) is 18.6 Å². The topological polar surface area (TPSA) is 27.3 Å². The molecule has 0 unspecified atom stereocenters. The molecule has 0 saturated heterocycles. The fraction of sp³-hybridized carbons (Fsp3) is 0.0526. The van der Waals surface area contributed by atoms with Crippen molar-refractivity contribution in [3.05, 3.63) is 82.1 Å². The monoisotopic (exact) mass is 661 g/mol. The van der Waals surface area contributed by atoms with Crippen LogP contribution in [-0.4, -0.2) is 0 Å². The van der Waals surface area contributed by atoms with Gasteiger partial charge in [-0.25, -0.2) is 8.78 Å². The van der Waals surface area contributed by atoms with E-state index in [9.17, 15) is 8.78 Å². The zero-order valence-corrected chi connectivity index (χ0v) is 22.0. The molecule has 3 rings (SSSR count). The molecule has 11 heteroatoms. The molecule has 158 valence electrons. The first-order valence-corrected chi connectivity index (χ1v) is 11.7. The summed E-state index contributed by atoms with van der Waals surface area (Å²) in [6.07, 6.45) is 0. The Kier molecular flexibility index (Phi) is 7.80. The highest BCUT2D eigenvalue weighted by molar-refractivity contribution is 9.11. The molecule has 0 saturated carbocycles. The summed E-state index contributed by atoms with van der Waals surface area (Å²) in [5, 5.41) is 2.19. The smallest absolute Gasteiger partial charge is 0.164 e. The SMILES string of the molecule is Cc1cc(Br)c(Cl)c(NN(Nc2cc(Cl)cc(Br)c2Cl)c2cc(F)cc(Br)c2F)c1. The van der Waals surface area contributed by atoms with Crippen LogP contribution in [0.4, 0.5) is 25.8 Å². The Balaban J connectivity index is 2.13. The van der Waals surface area contributed by atoms with E-state index in [4.69, 9.17) is 34.8 Å². The minimum atomic E-state index is -0.712. The van der Waals surface area contributed by atoms with Crippen LogP contribution in [0.3, 0.4) is 0 Å². The molecule has 0 aliphatic rings. The predicted octanol–water partition coefficient (Wildman–Crippen LogP) is 9.38. The van der Waals surface area contributed by atoms with Gasteiger partial charge in [0, 0.05) is 20.0 Å². The lowest BCUT2D eigenvalue weighted by molar-refractivity contribution is 0.593. The molecule has 0 fully saturated rings. The van der Waals surface area contributed by atoms with E-state index in [1.54, 1.807) is 18.2 Å². The van der Waals surface area contributed by atoms with E-state index in [-0.39, 0.29) is 10.2 Å². The second kappa shape index (κ2) is 9.79. The van der Waals surface area contributed by atoms with Gasteiger partial charge in [-0.1, -0.05) is 34.8 Å². The highest BCUT2D eigenvalue weighted by Crippen LogP contribution is 2.37. The van der Waals surface area contributed by atoms with Crippen molar-refractivity contribution in [2.45, 2.75) is 6.92 Å². The zero-order chi connectivity index (χ0) is 22.2. The van der Waals surface area contributed by atoms with Crippen LogP contribution in [0.1, 0.15) is 5.56 Å². The van der Waals surface area contributed by atoms with E-state index in [1.807, 2.05) is 13.0 Å². The third kappa shape index (κ3) is 5.34. The highest BCUT2D eigenvalue weighted by atomic mass is 79.9. The molecule has 3 aromatic rings. The van der Waals surface area contributed by atoms with Gasteiger partial charge in [-0.05, 0) is 90.6 Å². The molecule has 0 spiro atoms. The van der Waals surface area contributed by atoms with Crippen molar-refractivity contribution in [2.75, 3.05) is 16.0 Å². The lowest BCUT2D eigenvalue weighted by Crippen LogP contribution is -2.37. The van der Waals surface area contributed by atoms with Crippen molar-refractivity contribution in [2.24, 2.45) is 0 Å². The molecule has 3 nitrogen and oxygen atoms in total. The van der Waals surface area contributed by atoms with Crippen molar-refractivity contribution >= 4 is 99.7 Å². The van der Waals surface area contributed by atoms with Crippen LogP contribution in [0.15, 0.2) is 49.8 Å². The third-order valence-electron chi connectivity index (χ3n) is 3.84. The number of hydrazine groups is 2. The van der Waals surface area contributed by atoms with Crippen LogP contribution in [0.25, 0.3) is 0 Å². The van der Waals surface area contributed by atoms with E-state index in [0.29, 0.717) is 35.4 Å². The Hall–Kier alpha value is -0.770. The van der Waals surface area contributed by atoms with Crippen molar-refractivity contribution in [3.8, 4) is 0 Å². The molecule has 3 aromatic carbocycles. The molecule has 0 bridgehead atoms. The van der Waals surface area contributed by atoms with Gasteiger partial charge in [0.1, 0.15) is 11.5 Å². The van der Waals surface area contributed by atoms with E-state index in [2.05, 4.69) is 58.6 Å². The minimum absolute atomic E-state index is 0.0546. The largest absolute Gasteiger partial charge is 0.278 e. The van der Waals surface area contributed by atoms with Crippen LogP contribution in [0.5, 0.6) is 0 Å². The normalized spacial score (nSPS) is 10.8. The van der Waals surface area contributed by atoms with Gasteiger partial charge in [0.05, 0.1) is 25.9 Å². The molecular weight excluding hydrogens is 654 g/mol. The number of nitrogens with one attached hydrogen (secondary N) is 2. The minimum Gasteiger partial charge on any atom is -0.278 e. The standard InChI is InChI=1S/C19H11Br3Cl3F2N3/c1-8-2-11(20)17(24)14(3-8)28-30(16-7-10(26)6-13(22)19(16)27)29-15-5-9(23)4-12(21)18(15)25/h2-7,28-29H,1H3. The van der Waals surface area contributed by atoms with Crippen LogP contribution in [-0.2, 0) is 0 Å². The number of benzene rings is 3. The van der Waals surface area contributed by atoms with Crippen LogP contribution < -0.4 is 16.0 Å². The van der Waals surface area contributed by atoms with Gasteiger partial charge in [0.15, 0.2) is 5.82 Å². The fourth-order valence-corrected chi connectivity index (χ4v) is 4.65. The summed E-state index contributed by atoms with van der Waals surface area (Å²) in [5.74, 6) is -1.36. The summed E-state index contributed by atoms with van der Waals surface area (Å²) >= 11 is 28.6. The second-order valence-electron chi connectivity index (χ2n) is 6.14. The molecule has 0 heterocycles. The molecule has 0 amide bonds. The van der Waals surface area contributed by atoms with E-state index in [0.717, 1.165) is 17.7 Å². The zero-order valence-electron chi connectivity index (χ0n) is 14.9. The maximum Gasteiger partial charge on any atom is 0.164 e.